The summed E-state index contributed by atoms with van der Waals surface area (Å²) in [4.78, 5) is 3.61. The molecule has 1 heterocycles. The van der Waals surface area contributed by atoms with Crippen LogP contribution in [0.2, 0.25) is 5.02 Å². The smallest absolute Gasteiger partial charge is 0.421 e. The monoisotopic (exact) mass is 383 g/mol. The Morgan fingerprint density at radius 1 is 1.54 bits per heavy atom. The van der Waals surface area contributed by atoms with Crippen LogP contribution in [0, 0.1) is 3.57 Å². The minimum atomic E-state index is -3.40. The molecule has 0 aliphatic rings. The summed E-state index contributed by atoms with van der Waals surface area (Å²) >= 11 is 9.47. The van der Waals surface area contributed by atoms with Gasteiger partial charge >= 0.3 is 5.02 Å². The number of pyridine rings is 1. The van der Waals surface area contributed by atoms with E-state index in [1.807, 2.05) is 15.9 Å². The summed E-state index contributed by atoms with van der Waals surface area (Å²) < 4.78 is 29.3. The first-order chi connectivity index (χ1) is 5.90. The topological polar surface area (TPSA) is 22.1 Å². The highest BCUT2D eigenvalue weighted by atomic mass is 127. The van der Waals surface area contributed by atoms with Gasteiger partial charge in [0.15, 0.2) is 5.75 Å². The molecule has 0 atom stereocenters. The van der Waals surface area contributed by atoms with Gasteiger partial charge in [-0.15, -0.1) is 0 Å². The molecule has 1 aromatic rings. The highest BCUT2D eigenvalue weighted by Crippen LogP contribution is 2.32. The van der Waals surface area contributed by atoms with Crippen LogP contribution >= 0.6 is 50.1 Å². The number of nitrogens with zero attached hydrogens (tertiary/aromatic N) is 1. The highest BCUT2D eigenvalue weighted by molar-refractivity contribution is 14.1. The first-order valence-corrected chi connectivity index (χ1v) is 5.20. The van der Waals surface area contributed by atoms with Crippen molar-refractivity contribution in [3.8, 4) is 5.75 Å². The lowest BCUT2D eigenvalue weighted by Crippen LogP contribution is -2.15. The van der Waals surface area contributed by atoms with Crippen molar-refractivity contribution in [2.24, 2.45) is 0 Å². The van der Waals surface area contributed by atoms with E-state index >= 15 is 0 Å². The minimum absolute atomic E-state index is 0.0602. The molecule has 72 valence electrons. The van der Waals surface area contributed by atoms with Crippen molar-refractivity contribution in [2.75, 3.05) is 0 Å². The van der Waals surface area contributed by atoms with Gasteiger partial charge in [-0.1, -0.05) is 11.6 Å². The molecule has 7 heteroatoms. The van der Waals surface area contributed by atoms with Gasteiger partial charge in [0.25, 0.3) is 0 Å². The summed E-state index contributed by atoms with van der Waals surface area (Å²) in [7, 11) is 0. The average molecular weight is 384 g/mol. The standard InChI is InChI=1S/C6H2BrClF2INO/c7-6(9,10)13-4-2-12-1-3(8)5(4)11/h1-2H. The molecule has 1 aromatic heterocycles. The van der Waals surface area contributed by atoms with Gasteiger partial charge in [-0.3, -0.25) is 4.98 Å². The molecule has 0 fully saturated rings. The van der Waals surface area contributed by atoms with Crippen molar-refractivity contribution in [3.63, 3.8) is 0 Å². The fraction of sp³-hybridized carbons (Fsp3) is 0.167. The summed E-state index contributed by atoms with van der Waals surface area (Å²) in [6.07, 6.45) is 2.52. The van der Waals surface area contributed by atoms with Crippen LogP contribution in [0.1, 0.15) is 0 Å². The molecule has 0 bridgehead atoms. The maximum Gasteiger partial charge on any atom is 0.459 e. The van der Waals surface area contributed by atoms with Crippen LogP contribution in [0.25, 0.3) is 0 Å². The number of halogens is 5. The number of aromatic nitrogens is 1. The van der Waals surface area contributed by atoms with Crippen LogP contribution in [0.4, 0.5) is 8.78 Å². The molecular formula is C6H2BrClF2INO. The SMILES string of the molecule is FC(F)(Br)Oc1cncc(Cl)c1I. The Kier molecular flexibility index (Phi) is 3.70. The Morgan fingerprint density at radius 2 is 2.15 bits per heavy atom. The molecule has 0 aliphatic heterocycles. The third-order valence-electron chi connectivity index (χ3n) is 1.03. The lowest BCUT2D eigenvalue weighted by atomic mass is 10.5. The van der Waals surface area contributed by atoms with E-state index in [4.69, 9.17) is 11.6 Å². The van der Waals surface area contributed by atoms with E-state index < -0.39 is 5.02 Å². The number of ether oxygens (including phenoxy) is 1. The van der Waals surface area contributed by atoms with E-state index in [2.05, 4.69) is 9.72 Å². The zero-order valence-corrected chi connectivity index (χ0v) is 10.4. The van der Waals surface area contributed by atoms with E-state index in [1.165, 1.54) is 12.4 Å². The van der Waals surface area contributed by atoms with Crippen molar-refractivity contribution in [1.82, 2.24) is 4.98 Å². The van der Waals surface area contributed by atoms with Crippen LogP contribution in [0.3, 0.4) is 0 Å². The van der Waals surface area contributed by atoms with Crippen molar-refractivity contribution >= 4 is 50.1 Å². The summed E-state index contributed by atoms with van der Waals surface area (Å²) in [5.74, 6) is -0.0602. The van der Waals surface area contributed by atoms with Crippen LogP contribution in [-0.2, 0) is 0 Å². The third kappa shape index (κ3) is 3.51. The van der Waals surface area contributed by atoms with Gasteiger partial charge in [-0.2, -0.15) is 8.78 Å². The fourth-order valence-corrected chi connectivity index (χ4v) is 1.31. The predicted octanol–water partition coefficient (Wildman–Crippen LogP) is 3.66. The first-order valence-electron chi connectivity index (χ1n) is 2.95. The Morgan fingerprint density at radius 3 is 2.69 bits per heavy atom. The average Bonchev–Trinajstić information content (AvgIpc) is 1.96. The molecule has 0 saturated carbocycles. The van der Waals surface area contributed by atoms with Gasteiger partial charge < -0.3 is 4.74 Å². The van der Waals surface area contributed by atoms with Crippen LogP contribution < -0.4 is 4.74 Å². The Bertz CT molecular complexity index is 320. The summed E-state index contributed by atoms with van der Waals surface area (Å²) in [5.41, 5.74) is 0. The second-order valence-electron chi connectivity index (χ2n) is 1.98. The van der Waals surface area contributed by atoms with Crippen molar-refractivity contribution in [2.45, 2.75) is 5.02 Å². The van der Waals surface area contributed by atoms with Crippen LogP contribution in [0.15, 0.2) is 12.4 Å². The van der Waals surface area contributed by atoms with E-state index in [0.717, 1.165) is 0 Å². The zero-order valence-electron chi connectivity index (χ0n) is 5.90. The van der Waals surface area contributed by atoms with Crippen LogP contribution in [-0.4, -0.2) is 10.0 Å². The maximum atomic E-state index is 12.3. The Labute approximate surface area is 99.9 Å². The second kappa shape index (κ2) is 4.22. The minimum Gasteiger partial charge on any atom is -0.421 e. The van der Waals surface area contributed by atoms with E-state index in [0.29, 0.717) is 3.57 Å². The molecular weight excluding hydrogens is 382 g/mol. The van der Waals surface area contributed by atoms with Gasteiger partial charge in [-0.05, 0) is 22.6 Å². The van der Waals surface area contributed by atoms with Gasteiger partial charge in [-0.25, -0.2) is 0 Å². The predicted molar refractivity (Wildman–Crippen MR) is 56.5 cm³/mol. The quantitative estimate of drug-likeness (QED) is 0.574. The molecule has 0 unspecified atom stereocenters. The summed E-state index contributed by atoms with van der Waals surface area (Å²) in [6, 6.07) is 0. The highest BCUT2D eigenvalue weighted by Gasteiger charge is 2.28. The third-order valence-corrected chi connectivity index (χ3v) is 2.91. The molecule has 0 radical (unpaired) electrons. The number of hydrogen-bond donors (Lipinski definition) is 0. The molecule has 0 aromatic carbocycles. The largest absolute Gasteiger partial charge is 0.459 e. The number of rotatable bonds is 2. The molecule has 13 heavy (non-hydrogen) atoms. The first kappa shape index (κ1) is 11.4. The summed E-state index contributed by atoms with van der Waals surface area (Å²) in [6.45, 7) is 0. The van der Waals surface area contributed by atoms with Crippen molar-refractivity contribution in [3.05, 3.63) is 21.0 Å². The maximum absolute atomic E-state index is 12.3. The Balaban J connectivity index is 2.96. The Hall–Kier alpha value is 0.310. The van der Waals surface area contributed by atoms with Gasteiger partial charge in [0.1, 0.15) is 0 Å². The lowest BCUT2D eigenvalue weighted by molar-refractivity contribution is -0.0810. The molecule has 0 aliphatic carbocycles. The molecule has 0 spiro atoms. The normalized spacial score (nSPS) is 11.5. The lowest BCUT2D eigenvalue weighted by Gasteiger charge is -2.12. The zero-order chi connectivity index (χ0) is 10.1. The summed E-state index contributed by atoms with van der Waals surface area (Å²) in [5, 5.41) is -3.13. The second-order valence-corrected chi connectivity index (χ2v) is 4.39. The van der Waals surface area contributed by atoms with E-state index in [9.17, 15) is 8.78 Å². The van der Waals surface area contributed by atoms with E-state index in [-0.39, 0.29) is 10.8 Å². The molecule has 0 N–H and O–H groups in total. The van der Waals surface area contributed by atoms with Gasteiger partial charge in [0.2, 0.25) is 0 Å². The fourth-order valence-electron chi connectivity index (χ4n) is 0.597. The number of hydrogen-bond acceptors (Lipinski definition) is 2. The van der Waals surface area contributed by atoms with Crippen LogP contribution in [0.5, 0.6) is 5.75 Å². The van der Waals surface area contributed by atoms with Gasteiger partial charge in [0, 0.05) is 22.1 Å². The molecule has 2 nitrogen and oxygen atoms in total. The van der Waals surface area contributed by atoms with Gasteiger partial charge in [0.05, 0.1) is 14.8 Å². The van der Waals surface area contributed by atoms with Crippen molar-refractivity contribution < 1.29 is 13.5 Å². The molecule has 0 saturated heterocycles. The number of alkyl halides is 3. The molecule has 1 rings (SSSR count). The van der Waals surface area contributed by atoms with E-state index in [1.54, 1.807) is 22.6 Å². The van der Waals surface area contributed by atoms with Crippen molar-refractivity contribution in [1.29, 1.82) is 0 Å². The molecule has 0 amide bonds.